The molecule has 0 radical (unpaired) electrons. The number of hydrogen-bond acceptors (Lipinski definition) is 6. The highest BCUT2D eigenvalue weighted by molar-refractivity contribution is 7.98. The number of nitrogens with one attached hydrogen (secondary N) is 1. The van der Waals surface area contributed by atoms with E-state index in [-0.39, 0.29) is 11.8 Å². The van der Waals surface area contributed by atoms with Gasteiger partial charge in [0.2, 0.25) is 11.1 Å². The van der Waals surface area contributed by atoms with Crippen molar-refractivity contribution in [1.82, 2.24) is 14.8 Å². The number of thioether (sulfide) groups is 1. The normalized spacial score (nSPS) is 18.8. The topological polar surface area (TPSA) is 59.8 Å². The summed E-state index contributed by atoms with van der Waals surface area (Å²) < 4.78 is 1.89. The first-order chi connectivity index (χ1) is 13.3. The maximum atomic E-state index is 12.7. The lowest BCUT2D eigenvalue weighted by molar-refractivity contribution is -0.116. The summed E-state index contributed by atoms with van der Waals surface area (Å²) >= 11 is 3.28. The molecule has 7 heteroatoms. The van der Waals surface area contributed by atoms with Crippen LogP contribution >= 0.6 is 23.1 Å². The van der Waals surface area contributed by atoms with E-state index in [0.717, 1.165) is 45.8 Å². The Morgan fingerprint density at radius 1 is 1.19 bits per heavy atom. The number of nitrogens with zero attached hydrogens (tertiary/aromatic N) is 3. The van der Waals surface area contributed by atoms with Crippen LogP contribution in [-0.2, 0) is 10.5 Å². The van der Waals surface area contributed by atoms with Gasteiger partial charge in [0.25, 0.3) is 0 Å². The van der Waals surface area contributed by atoms with Gasteiger partial charge in [0.05, 0.1) is 0 Å². The van der Waals surface area contributed by atoms with Crippen molar-refractivity contribution in [2.45, 2.75) is 36.2 Å². The Hall–Kier alpha value is -2.38. The Balaban J connectivity index is 1.50. The van der Waals surface area contributed by atoms with Crippen LogP contribution in [0.25, 0.3) is 0 Å². The van der Waals surface area contributed by atoms with E-state index in [2.05, 4.69) is 23.5 Å². The number of carbonyl (C=O) groups excluding carboxylic acids is 1. The first-order valence-electron chi connectivity index (χ1n) is 8.99. The molecule has 1 atom stereocenters. The Labute approximate surface area is 165 Å². The van der Waals surface area contributed by atoms with Crippen LogP contribution in [0.4, 0.5) is 5.95 Å². The predicted octanol–water partition coefficient (Wildman–Crippen LogP) is 4.65. The smallest absolute Gasteiger partial charge is 0.227 e. The highest BCUT2D eigenvalue weighted by Crippen LogP contribution is 2.41. The van der Waals surface area contributed by atoms with E-state index in [0.29, 0.717) is 6.42 Å². The van der Waals surface area contributed by atoms with Crippen LogP contribution < -0.4 is 5.32 Å². The third-order valence-corrected chi connectivity index (χ3v) is 6.71. The number of ketones is 1. The molecule has 27 heavy (non-hydrogen) atoms. The molecule has 3 heterocycles. The van der Waals surface area contributed by atoms with Crippen LogP contribution in [0.3, 0.4) is 0 Å². The minimum absolute atomic E-state index is 0.164. The molecule has 3 aromatic rings. The number of benzene rings is 1. The van der Waals surface area contributed by atoms with E-state index in [1.165, 1.54) is 5.56 Å². The number of rotatable bonds is 4. The molecule has 0 saturated carbocycles. The quantitative estimate of drug-likeness (QED) is 0.653. The number of carbonyl (C=O) groups is 1. The standard InChI is InChI=1S/C20H18N4OS2/c25-15-9-4-8-14-17(15)18(16-10-5-11-26-16)24-19(21-14)22-20(23-24)27-12-13-6-2-1-3-7-13/h1-3,5-7,10-11,18H,4,8-9,12H2,(H,21,22,23)/t18-/m1/s1. The Morgan fingerprint density at radius 3 is 2.89 bits per heavy atom. The van der Waals surface area contributed by atoms with Crippen LogP contribution in [0, 0.1) is 0 Å². The summed E-state index contributed by atoms with van der Waals surface area (Å²) in [4.78, 5) is 18.5. The monoisotopic (exact) mass is 394 g/mol. The van der Waals surface area contributed by atoms with Crippen LogP contribution in [-0.4, -0.2) is 20.5 Å². The van der Waals surface area contributed by atoms with Crippen molar-refractivity contribution in [2.75, 3.05) is 5.32 Å². The van der Waals surface area contributed by atoms with Gasteiger partial charge < -0.3 is 5.32 Å². The van der Waals surface area contributed by atoms with Crippen molar-refractivity contribution in [3.8, 4) is 0 Å². The number of fused-ring (bicyclic) bond motifs is 1. The van der Waals surface area contributed by atoms with Gasteiger partial charge in [0.15, 0.2) is 5.78 Å². The minimum atomic E-state index is -0.164. The zero-order valence-corrected chi connectivity index (χ0v) is 16.2. The van der Waals surface area contributed by atoms with Crippen molar-refractivity contribution in [1.29, 1.82) is 0 Å². The lowest BCUT2D eigenvalue weighted by Crippen LogP contribution is -2.31. The van der Waals surface area contributed by atoms with Crippen molar-refractivity contribution in [3.63, 3.8) is 0 Å². The second-order valence-corrected chi connectivity index (χ2v) is 8.57. The van der Waals surface area contributed by atoms with Crippen molar-refractivity contribution in [2.24, 2.45) is 0 Å². The van der Waals surface area contributed by atoms with Crippen LogP contribution in [0.1, 0.15) is 35.7 Å². The molecule has 5 rings (SSSR count). The van der Waals surface area contributed by atoms with Crippen molar-refractivity contribution in [3.05, 3.63) is 69.6 Å². The van der Waals surface area contributed by atoms with E-state index in [1.807, 2.05) is 34.3 Å². The molecule has 0 amide bonds. The fraction of sp³-hybridized carbons (Fsp3) is 0.250. The van der Waals surface area contributed by atoms with E-state index in [4.69, 9.17) is 10.1 Å². The van der Waals surface area contributed by atoms with Gasteiger partial charge >= 0.3 is 0 Å². The van der Waals surface area contributed by atoms with Gasteiger partial charge in [-0.2, -0.15) is 4.98 Å². The average Bonchev–Trinajstić information content (AvgIpc) is 3.35. The molecule has 0 spiro atoms. The van der Waals surface area contributed by atoms with Gasteiger partial charge in [-0.3, -0.25) is 4.79 Å². The molecule has 0 fully saturated rings. The number of anilines is 1. The van der Waals surface area contributed by atoms with Gasteiger partial charge in [-0.05, 0) is 29.9 Å². The molecule has 0 bridgehead atoms. The summed E-state index contributed by atoms with van der Waals surface area (Å²) in [6, 6.07) is 14.3. The average molecular weight is 395 g/mol. The summed E-state index contributed by atoms with van der Waals surface area (Å²) in [7, 11) is 0. The fourth-order valence-corrected chi connectivity index (χ4v) is 5.23. The van der Waals surface area contributed by atoms with E-state index in [9.17, 15) is 4.79 Å². The summed E-state index contributed by atoms with van der Waals surface area (Å²) in [5.74, 6) is 1.78. The van der Waals surface area contributed by atoms with Gasteiger partial charge in [-0.15, -0.1) is 16.4 Å². The van der Waals surface area contributed by atoms with Gasteiger partial charge in [-0.1, -0.05) is 48.2 Å². The number of allylic oxidation sites excluding steroid dienone is 2. The van der Waals surface area contributed by atoms with Crippen LogP contribution in [0.2, 0.25) is 0 Å². The lowest BCUT2D eigenvalue weighted by Gasteiger charge is -2.31. The number of thiophene rings is 1. The second-order valence-electron chi connectivity index (χ2n) is 6.65. The summed E-state index contributed by atoms with van der Waals surface area (Å²) in [6.07, 6.45) is 2.40. The first kappa shape index (κ1) is 16.8. The molecule has 2 aromatic heterocycles. The number of hydrogen-bond donors (Lipinski definition) is 1. The maximum absolute atomic E-state index is 12.7. The second kappa shape index (κ2) is 6.98. The van der Waals surface area contributed by atoms with E-state index in [1.54, 1.807) is 23.1 Å². The molecule has 1 N–H and O–H groups in total. The van der Waals surface area contributed by atoms with Crippen molar-refractivity contribution >= 4 is 34.8 Å². The summed E-state index contributed by atoms with van der Waals surface area (Å²) in [6.45, 7) is 0. The summed E-state index contributed by atoms with van der Waals surface area (Å²) in [5.41, 5.74) is 3.12. The molecule has 0 unspecified atom stereocenters. The van der Waals surface area contributed by atoms with Gasteiger partial charge in [0.1, 0.15) is 6.04 Å². The fourth-order valence-electron chi connectivity index (χ4n) is 3.63. The number of Topliss-reactive ketones (excluding diaryl/α,β-unsaturated/α-hetero) is 1. The molecule has 0 saturated heterocycles. The highest BCUT2D eigenvalue weighted by Gasteiger charge is 2.37. The van der Waals surface area contributed by atoms with Crippen LogP contribution in [0.15, 0.2) is 64.3 Å². The Kier molecular flexibility index (Phi) is 4.33. The molecule has 5 nitrogen and oxygen atoms in total. The SMILES string of the molecule is O=C1CCCC2=C1[C@@H](c1cccs1)n1nc(SCc3ccccc3)nc1N2. The molecule has 1 aliphatic carbocycles. The zero-order chi connectivity index (χ0) is 18.2. The van der Waals surface area contributed by atoms with E-state index < -0.39 is 0 Å². The minimum Gasteiger partial charge on any atom is -0.328 e. The Morgan fingerprint density at radius 2 is 2.07 bits per heavy atom. The molecular weight excluding hydrogens is 376 g/mol. The maximum Gasteiger partial charge on any atom is 0.227 e. The van der Waals surface area contributed by atoms with Crippen molar-refractivity contribution < 1.29 is 4.79 Å². The van der Waals surface area contributed by atoms with Gasteiger partial charge in [-0.25, -0.2) is 4.68 Å². The predicted molar refractivity (Wildman–Crippen MR) is 108 cm³/mol. The molecular formula is C20H18N4OS2. The largest absolute Gasteiger partial charge is 0.328 e. The molecule has 1 aliphatic heterocycles. The number of aromatic nitrogens is 3. The Bertz CT molecular complexity index is 1010. The molecule has 136 valence electrons. The first-order valence-corrected chi connectivity index (χ1v) is 10.9. The van der Waals surface area contributed by atoms with Gasteiger partial charge in [0, 0.05) is 28.3 Å². The third-order valence-electron chi connectivity index (χ3n) is 4.87. The third kappa shape index (κ3) is 3.11. The summed E-state index contributed by atoms with van der Waals surface area (Å²) in [5, 5.41) is 10.9. The van der Waals surface area contributed by atoms with Crippen LogP contribution in [0.5, 0.6) is 0 Å². The van der Waals surface area contributed by atoms with E-state index >= 15 is 0 Å². The molecule has 2 aliphatic rings. The molecule has 1 aromatic carbocycles. The lowest BCUT2D eigenvalue weighted by atomic mass is 9.88. The zero-order valence-electron chi connectivity index (χ0n) is 14.6. The highest BCUT2D eigenvalue weighted by atomic mass is 32.2.